The molecule has 0 radical (unpaired) electrons. The molecule has 2 aromatic carbocycles. The molecule has 0 heterocycles. The number of nitrogens with one attached hydrogen (secondary N) is 2. The number of ether oxygens (including phenoxy) is 1. The Labute approximate surface area is 134 Å². The Kier molecular flexibility index (Phi) is 5.54. The lowest BCUT2D eigenvalue weighted by molar-refractivity contribution is 0.139. The fourth-order valence-corrected chi connectivity index (χ4v) is 2.14. The number of rotatable bonds is 5. The van der Waals surface area contributed by atoms with Crippen LogP contribution < -0.4 is 15.4 Å². The zero-order chi connectivity index (χ0) is 16.8. The molecule has 2 amide bonds. The Morgan fingerprint density at radius 1 is 1.17 bits per heavy atom. The van der Waals surface area contributed by atoms with Crippen LogP contribution in [0.3, 0.4) is 0 Å². The SMILES string of the molecule is COc1ccccc1NC(=O)N[C@H](C)[C@H](O)c1ccc(F)cc1. The van der Waals surface area contributed by atoms with Crippen molar-refractivity contribution in [3.05, 3.63) is 59.9 Å². The first-order valence-electron chi connectivity index (χ1n) is 7.15. The van der Waals surface area contributed by atoms with E-state index in [0.717, 1.165) is 0 Å². The van der Waals surface area contributed by atoms with Gasteiger partial charge in [0.05, 0.1) is 24.9 Å². The summed E-state index contributed by atoms with van der Waals surface area (Å²) >= 11 is 0. The third-order valence-corrected chi connectivity index (χ3v) is 3.40. The van der Waals surface area contributed by atoms with Crippen LogP contribution in [-0.2, 0) is 0 Å². The Bertz CT molecular complexity index is 661. The molecule has 2 atom stereocenters. The van der Waals surface area contributed by atoms with Gasteiger partial charge in [-0.1, -0.05) is 24.3 Å². The minimum Gasteiger partial charge on any atom is -0.495 e. The molecule has 0 spiro atoms. The van der Waals surface area contributed by atoms with Gasteiger partial charge in [-0.2, -0.15) is 0 Å². The van der Waals surface area contributed by atoms with Crippen molar-refractivity contribution in [3.63, 3.8) is 0 Å². The van der Waals surface area contributed by atoms with Crippen molar-refractivity contribution < 1.29 is 19.0 Å². The average molecular weight is 318 g/mol. The Morgan fingerprint density at radius 2 is 1.83 bits per heavy atom. The first-order valence-corrected chi connectivity index (χ1v) is 7.15. The van der Waals surface area contributed by atoms with Crippen molar-refractivity contribution in [1.29, 1.82) is 0 Å². The van der Waals surface area contributed by atoms with Gasteiger partial charge >= 0.3 is 6.03 Å². The van der Waals surface area contributed by atoms with Crippen molar-refractivity contribution in [2.24, 2.45) is 0 Å². The highest BCUT2D eigenvalue weighted by atomic mass is 19.1. The summed E-state index contributed by atoms with van der Waals surface area (Å²) in [5.41, 5.74) is 1.05. The van der Waals surface area contributed by atoms with Crippen molar-refractivity contribution in [1.82, 2.24) is 5.32 Å². The number of aliphatic hydroxyl groups excluding tert-OH is 1. The standard InChI is InChI=1S/C17H19FN2O3/c1-11(16(21)12-7-9-13(18)10-8-12)19-17(22)20-14-5-3-4-6-15(14)23-2/h3-11,16,21H,1-2H3,(H2,19,20,22)/t11-,16+/m1/s1. The molecular weight excluding hydrogens is 299 g/mol. The topological polar surface area (TPSA) is 70.6 Å². The highest BCUT2D eigenvalue weighted by Gasteiger charge is 2.19. The second kappa shape index (κ2) is 7.60. The van der Waals surface area contributed by atoms with Gasteiger partial charge in [0.15, 0.2) is 0 Å². The van der Waals surface area contributed by atoms with Gasteiger partial charge in [-0.15, -0.1) is 0 Å². The smallest absolute Gasteiger partial charge is 0.319 e. The molecule has 0 saturated heterocycles. The van der Waals surface area contributed by atoms with Gasteiger partial charge in [-0.3, -0.25) is 0 Å². The summed E-state index contributed by atoms with van der Waals surface area (Å²) in [5.74, 6) is 0.157. The lowest BCUT2D eigenvalue weighted by Gasteiger charge is -2.21. The van der Waals surface area contributed by atoms with E-state index in [1.165, 1.54) is 31.4 Å². The summed E-state index contributed by atoms with van der Waals surface area (Å²) in [6.45, 7) is 1.66. The van der Waals surface area contributed by atoms with Crippen molar-refractivity contribution >= 4 is 11.7 Å². The number of carbonyl (C=O) groups is 1. The van der Waals surface area contributed by atoms with Crippen LogP contribution in [0.15, 0.2) is 48.5 Å². The van der Waals surface area contributed by atoms with Crippen LogP contribution in [0.25, 0.3) is 0 Å². The predicted molar refractivity (Wildman–Crippen MR) is 86.0 cm³/mol. The number of aliphatic hydroxyl groups is 1. The molecule has 5 nitrogen and oxygen atoms in total. The van der Waals surface area contributed by atoms with E-state index in [-0.39, 0.29) is 5.82 Å². The Morgan fingerprint density at radius 3 is 2.48 bits per heavy atom. The fourth-order valence-electron chi connectivity index (χ4n) is 2.14. The number of anilines is 1. The molecule has 0 aromatic heterocycles. The first-order chi connectivity index (χ1) is 11.0. The molecule has 2 aromatic rings. The molecule has 23 heavy (non-hydrogen) atoms. The monoisotopic (exact) mass is 318 g/mol. The zero-order valence-corrected chi connectivity index (χ0v) is 12.9. The summed E-state index contributed by atoms with van der Waals surface area (Å²) in [6.07, 6.45) is -0.945. The number of para-hydroxylation sites is 2. The number of hydrogen-bond acceptors (Lipinski definition) is 3. The van der Waals surface area contributed by atoms with Gasteiger partial charge in [-0.05, 0) is 36.8 Å². The molecule has 0 aliphatic carbocycles. The van der Waals surface area contributed by atoms with E-state index < -0.39 is 18.2 Å². The van der Waals surface area contributed by atoms with Crippen LogP contribution >= 0.6 is 0 Å². The highest BCUT2D eigenvalue weighted by molar-refractivity contribution is 5.91. The maximum Gasteiger partial charge on any atom is 0.319 e. The molecule has 0 aliphatic heterocycles. The summed E-state index contributed by atoms with van der Waals surface area (Å²) in [5, 5.41) is 15.5. The van der Waals surface area contributed by atoms with Crippen molar-refractivity contribution in [2.45, 2.75) is 19.1 Å². The molecular formula is C17H19FN2O3. The van der Waals surface area contributed by atoms with E-state index in [1.54, 1.807) is 31.2 Å². The van der Waals surface area contributed by atoms with E-state index in [4.69, 9.17) is 4.74 Å². The van der Waals surface area contributed by atoms with Gasteiger partial charge in [0, 0.05) is 0 Å². The van der Waals surface area contributed by atoms with Crippen LogP contribution in [0.1, 0.15) is 18.6 Å². The fraction of sp³-hybridized carbons (Fsp3) is 0.235. The number of benzene rings is 2. The maximum absolute atomic E-state index is 12.9. The number of urea groups is 1. The number of hydrogen-bond donors (Lipinski definition) is 3. The molecule has 0 aliphatic rings. The predicted octanol–water partition coefficient (Wildman–Crippen LogP) is 3.08. The van der Waals surface area contributed by atoms with E-state index in [0.29, 0.717) is 17.0 Å². The normalized spacial score (nSPS) is 13.0. The molecule has 3 N–H and O–H groups in total. The van der Waals surface area contributed by atoms with E-state index >= 15 is 0 Å². The summed E-state index contributed by atoms with van der Waals surface area (Å²) < 4.78 is 18.1. The molecule has 2 rings (SSSR count). The van der Waals surface area contributed by atoms with Gasteiger partial charge in [0.2, 0.25) is 0 Å². The number of halogens is 1. The van der Waals surface area contributed by atoms with E-state index in [2.05, 4.69) is 10.6 Å². The van der Waals surface area contributed by atoms with Gasteiger partial charge in [-0.25, -0.2) is 9.18 Å². The highest BCUT2D eigenvalue weighted by Crippen LogP contribution is 2.23. The quantitative estimate of drug-likeness (QED) is 0.793. The maximum atomic E-state index is 12.9. The van der Waals surface area contributed by atoms with Crippen LogP contribution in [-0.4, -0.2) is 24.3 Å². The molecule has 0 bridgehead atoms. The number of carbonyl (C=O) groups excluding carboxylic acids is 1. The number of amides is 2. The lowest BCUT2D eigenvalue weighted by atomic mass is 10.0. The van der Waals surface area contributed by atoms with Crippen molar-refractivity contribution in [2.75, 3.05) is 12.4 Å². The van der Waals surface area contributed by atoms with Crippen molar-refractivity contribution in [3.8, 4) is 5.75 Å². The van der Waals surface area contributed by atoms with Crippen LogP contribution in [0.4, 0.5) is 14.9 Å². The molecule has 122 valence electrons. The lowest BCUT2D eigenvalue weighted by Crippen LogP contribution is -2.39. The van der Waals surface area contributed by atoms with Gasteiger partial charge in [0.1, 0.15) is 11.6 Å². The molecule has 0 saturated carbocycles. The first kappa shape index (κ1) is 16.8. The molecule has 6 heteroatoms. The summed E-state index contributed by atoms with van der Waals surface area (Å²) in [6, 6.07) is 11.5. The summed E-state index contributed by atoms with van der Waals surface area (Å²) in [7, 11) is 1.51. The molecule has 0 fully saturated rings. The largest absolute Gasteiger partial charge is 0.495 e. The molecule has 0 unspecified atom stereocenters. The summed E-state index contributed by atoms with van der Waals surface area (Å²) in [4.78, 5) is 12.0. The second-order valence-electron chi connectivity index (χ2n) is 5.08. The van der Waals surface area contributed by atoms with Crippen LogP contribution in [0, 0.1) is 5.82 Å². The minimum atomic E-state index is -0.945. The average Bonchev–Trinajstić information content (AvgIpc) is 2.55. The van der Waals surface area contributed by atoms with E-state index in [1.807, 2.05) is 0 Å². The minimum absolute atomic E-state index is 0.379. The van der Waals surface area contributed by atoms with Crippen LogP contribution in [0.2, 0.25) is 0 Å². The Balaban J connectivity index is 1.97. The van der Waals surface area contributed by atoms with Crippen LogP contribution in [0.5, 0.6) is 5.75 Å². The number of methoxy groups -OCH3 is 1. The zero-order valence-electron chi connectivity index (χ0n) is 12.9. The third-order valence-electron chi connectivity index (χ3n) is 3.40. The third kappa shape index (κ3) is 4.43. The van der Waals surface area contributed by atoms with Gasteiger partial charge in [0.25, 0.3) is 0 Å². The Hall–Kier alpha value is -2.60. The van der Waals surface area contributed by atoms with Gasteiger partial charge < -0.3 is 20.5 Å². The van der Waals surface area contributed by atoms with E-state index in [9.17, 15) is 14.3 Å². The second-order valence-corrected chi connectivity index (χ2v) is 5.08.